The lowest BCUT2D eigenvalue weighted by Gasteiger charge is -2.10. The molecule has 6 aromatic rings. The first-order chi connectivity index (χ1) is 18.6. The summed E-state index contributed by atoms with van der Waals surface area (Å²) in [7, 11) is 0. The molecule has 7 heteroatoms. The highest BCUT2D eigenvalue weighted by molar-refractivity contribution is 6.09. The number of hydrogen-bond acceptors (Lipinski definition) is 5. The standard InChI is InChI=1S/C31H22N4O3/c36-30(34-19-24-8-5-6-14-32-24)22-15-20-12-13-23(17-27(20)33-18-22)35-31(37)26-10-3-2-9-25(26)29-16-21-7-1-4-11-28(21)38-29/h1-18H,19H2,(H,34,36)(H,35,37). The van der Waals surface area contributed by atoms with Crippen molar-refractivity contribution in [2.75, 3.05) is 5.32 Å². The summed E-state index contributed by atoms with van der Waals surface area (Å²) >= 11 is 0. The molecule has 0 aliphatic heterocycles. The van der Waals surface area contributed by atoms with Gasteiger partial charge >= 0.3 is 0 Å². The summed E-state index contributed by atoms with van der Waals surface area (Å²) in [6.07, 6.45) is 3.21. The minimum Gasteiger partial charge on any atom is -0.456 e. The largest absolute Gasteiger partial charge is 0.456 e. The number of nitrogens with zero attached hydrogens (tertiary/aromatic N) is 2. The Kier molecular flexibility index (Phi) is 6.08. The fourth-order valence-corrected chi connectivity index (χ4v) is 4.31. The summed E-state index contributed by atoms with van der Waals surface area (Å²) in [5.41, 5.74) is 4.46. The van der Waals surface area contributed by atoms with Crippen LogP contribution >= 0.6 is 0 Å². The molecule has 0 saturated heterocycles. The van der Waals surface area contributed by atoms with E-state index in [2.05, 4.69) is 20.6 Å². The quantitative estimate of drug-likeness (QED) is 0.284. The molecule has 2 N–H and O–H groups in total. The molecule has 2 amide bonds. The molecule has 0 aliphatic carbocycles. The second kappa shape index (κ2) is 9.99. The van der Waals surface area contributed by atoms with Gasteiger partial charge in [0.25, 0.3) is 11.8 Å². The van der Waals surface area contributed by atoms with E-state index < -0.39 is 0 Å². The molecular weight excluding hydrogens is 476 g/mol. The number of carbonyl (C=O) groups excluding carboxylic acids is 2. The molecule has 0 aliphatic rings. The number of para-hydroxylation sites is 1. The third kappa shape index (κ3) is 4.73. The van der Waals surface area contributed by atoms with Gasteiger partial charge in [-0.2, -0.15) is 0 Å². The number of anilines is 1. The number of furan rings is 1. The summed E-state index contributed by atoms with van der Waals surface area (Å²) in [5, 5.41) is 7.58. The maximum absolute atomic E-state index is 13.3. The number of aromatic nitrogens is 2. The third-order valence-electron chi connectivity index (χ3n) is 6.22. The van der Waals surface area contributed by atoms with Gasteiger partial charge in [-0.15, -0.1) is 0 Å². The topological polar surface area (TPSA) is 97.1 Å². The maximum Gasteiger partial charge on any atom is 0.256 e. The number of amides is 2. The van der Waals surface area contributed by atoms with E-state index in [0.29, 0.717) is 40.2 Å². The van der Waals surface area contributed by atoms with Gasteiger partial charge in [-0.05, 0) is 48.5 Å². The second-order valence-corrected chi connectivity index (χ2v) is 8.78. The van der Waals surface area contributed by atoms with Gasteiger partial charge in [0.1, 0.15) is 11.3 Å². The zero-order chi connectivity index (χ0) is 25.9. The number of rotatable bonds is 6. The van der Waals surface area contributed by atoms with Crippen LogP contribution in [-0.2, 0) is 6.54 Å². The van der Waals surface area contributed by atoms with Crippen LogP contribution in [0.2, 0.25) is 0 Å². The number of nitrogens with one attached hydrogen (secondary N) is 2. The lowest BCUT2D eigenvalue weighted by molar-refractivity contribution is 0.0949. The molecule has 3 aromatic heterocycles. The molecule has 0 radical (unpaired) electrons. The molecule has 0 fully saturated rings. The Morgan fingerprint density at radius 1 is 0.763 bits per heavy atom. The van der Waals surface area contributed by atoms with Crippen LogP contribution in [0.15, 0.2) is 114 Å². The minimum absolute atomic E-state index is 0.232. The van der Waals surface area contributed by atoms with E-state index in [1.54, 1.807) is 30.5 Å². The lowest BCUT2D eigenvalue weighted by atomic mass is 10.0. The average Bonchev–Trinajstić information content (AvgIpc) is 3.40. The molecule has 0 spiro atoms. The van der Waals surface area contributed by atoms with Gasteiger partial charge in [-0.3, -0.25) is 19.6 Å². The van der Waals surface area contributed by atoms with E-state index in [1.165, 1.54) is 6.20 Å². The summed E-state index contributed by atoms with van der Waals surface area (Å²) < 4.78 is 6.00. The number of pyridine rings is 2. The van der Waals surface area contributed by atoms with Crippen molar-refractivity contribution in [3.8, 4) is 11.3 Å². The summed E-state index contributed by atoms with van der Waals surface area (Å²) in [6, 6.07) is 29.8. The van der Waals surface area contributed by atoms with Crippen LogP contribution in [0.5, 0.6) is 0 Å². The Morgan fingerprint density at radius 3 is 2.47 bits per heavy atom. The molecule has 184 valence electrons. The number of benzene rings is 3. The normalized spacial score (nSPS) is 10.9. The van der Waals surface area contributed by atoms with Gasteiger partial charge in [0.05, 0.1) is 28.9 Å². The van der Waals surface area contributed by atoms with Gasteiger partial charge in [0.2, 0.25) is 0 Å². The van der Waals surface area contributed by atoms with Crippen molar-refractivity contribution >= 4 is 39.4 Å². The smallest absolute Gasteiger partial charge is 0.256 e. The van der Waals surface area contributed by atoms with Gasteiger partial charge in [-0.1, -0.05) is 48.5 Å². The average molecular weight is 499 g/mol. The van der Waals surface area contributed by atoms with Crippen LogP contribution in [0.25, 0.3) is 33.2 Å². The van der Waals surface area contributed by atoms with Crippen molar-refractivity contribution < 1.29 is 14.0 Å². The van der Waals surface area contributed by atoms with Gasteiger partial charge in [-0.25, -0.2) is 0 Å². The SMILES string of the molecule is O=C(NCc1ccccn1)c1cnc2cc(NC(=O)c3ccccc3-c3cc4ccccc4o3)ccc2c1. The van der Waals surface area contributed by atoms with E-state index in [0.717, 1.165) is 22.0 Å². The Labute approximate surface area is 218 Å². The third-order valence-corrected chi connectivity index (χ3v) is 6.22. The second-order valence-electron chi connectivity index (χ2n) is 8.78. The van der Waals surface area contributed by atoms with Crippen LogP contribution in [0.3, 0.4) is 0 Å². The number of fused-ring (bicyclic) bond motifs is 2. The van der Waals surface area contributed by atoms with Crippen LogP contribution in [0.4, 0.5) is 5.69 Å². The van der Waals surface area contributed by atoms with Crippen molar-refractivity contribution in [3.05, 3.63) is 126 Å². The molecule has 0 unspecified atom stereocenters. The van der Waals surface area contributed by atoms with E-state index in [-0.39, 0.29) is 11.8 Å². The first kappa shape index (κ1) is 23.1. The van der Waals surface area contributed by atoms with E-state index in [1.807, 2.05) is 72.8 Å². The molecule has 7 nitrogen and oxygen atoms in total. The lowest BCUT2D eigenvalue weighted by Crippen LogP contribution is -2.23. The predicted molar refractivity (Wildman–Crippen MR) is 147 cm³/mol. The molecule has 3 heterocycles. The molecule has 0 atom stereocenters. The number of carbonyl (C=O) groups is 2. The van der Waals surface area contributed by atoms with Crippen LogP contribution in [-0.4, -0.2) is 21.8 Å². The number of hydrogen-bond donors (Lipinski definition) is 2. The van der Waals surface area contributed by atoms with Crippen LogP contribution in [0.1, 0.15) is 26.4 Å². The van der Waals surface area contributed by atoms with Crippen molar-refractivity contribution in [2.45, 2.75) is 6.54 Å². The first-order valence-corrected chi connectivity index (χ1v) is 12.1. The Bertz CT molecular complexity index is 1760. The molecule has 6 rings (SSSR count). The van der Waals surface area contributed by atoms with Gasteiger partial charge in [0.15, 0.2) is 0 Å². The van der Waals surface area contributed by atoms with Crippen LogP contribution < -0.4 is 10.6 Å². The highest BCUT2D eigenvalue weighted by Crippen LogP contribution is 2.30. The first-order valence-electron chi connectivity index (χ1n) is 12.1. The molecule has 0 bridgehead atoms. The Hall–Kier alpha value is -5.30. The fourth-order valence-electron chi connectivity index (χ4n) is 4.31. The highest BCUT2D eigenvalue weighted by Gasteiger charge is 2.16. The highest BCUT2D eigenvalue weighted by atomic mass is 16.3. The maximum atomic E-state index is 13.3. The molecule has 38 heavy (non-hydrogen) atoms. The van der Waals surface area contributed by atoms with Gasteiger partial charge < -0.3 is 15.1 Å². The monoisotopic (exact) mass is 498 g/mol. The fraction of sp³-hybridized carbons (Fsp3) is 0.0323. The minimum atomic E-state index is -0.258. The predicted octanol–water partition coefficient (Wildman–Crippen LogP) is 6.23. The molecule has 0 saturated carbocycles. The zero-order valence-corrected chi connectivity index (χ0v) is 20.2. The van der Waals surface area contributed by atoms with E-state index in [4.69, 9.17) is 4.42 Å². The van der Waals surface area contributed by atoms with Crippen molar-refractivity contribution in [1.82, 2.24) is 15.3 Å². The summed E-state index contributed by atoms with van der Waals surface area (Å²) in [6.45, 7) is 0.332. The summed E-state index contributed by atoms with van der Waals surface area (Å²) in [4.78, 5) is 34.5. The Balaban J connectivity index is 1.20. The van der Waals surface area contributed by atoms with Crippen molar-refractivity contribution in [2.24, 2.45) is 0 Å². The molecule has 3 aromatic carbocycles. The van der Waals surface area contributed by atoms with Crippen molar-refractivity contribution in [1.29, 1.82) is 0 Å². The van der Waals surface area contributed by atoms with E-state index in [9.17, 15) is 9.59 Å². The zero-order valence-electron chi connectivity index (χ0n) is 20.2. The van der Waals surface area contributed by atoms with E-state index >= 15 is 0 Å². The van der Waals surface area contributed by atoms with Gasteiger partial charge in [0, 0.05) is 34.4 Å². The molecular formula is C31H22N4O3. The summed E-state index contributed by atoms with van der Waals surface area (Å²) in [5.74, 6) is 0.140. The van der Waals surface area contributed by atoms with Crippen molar-refractivity contribution in [3.63, 3.8) is 0 Å². The Morgan fingerprint density at radius 2 is 1.61 bits per heavy atom. The van der Waals surface area contributed by atoms with Crippen LogP contribution in [0, 0.1) is 0 Å².